The fraction of sp³-hybridized carbons (Fsp3) is 0.444. The highest BCUT2D eigenvalue weighted by molar-refractivity contribution is 5.93. The van der Waals surface area contributed by atoms with Crippen molar-refractivity contribution in [1.82, 2.24) is 0 Å². The molecule has 0 radical (unpaired) electrons. The van der Waals surface area contributed by atoms with Gasteiger partial charge in [-0.3, -0.25) is 4.99 Å². The number of hydrogen-bond donors (Lipinski definition) is 0. The molecule has 0 heterocycles. The van der Waals surface area contributed by atoms with Crippen molar-refractivity contribution in [2.24, 2.45) is 4.99 Å². The van der Waals surface area contributed by atoms with Crippen molar-refractivity contribution >= 4 is 5.71 Å². The maximum absolute atomic E-state index is 4.14. The van der Waals surface area contributed by atoms with Crippen molar-refractivity contribution in [3.63, 3.8) is 0 Å². The monoisotopic (exact) mass is 137 g/mol. The van der Waals surface area contributed by atoms with Crippen molar-refractivity contribution in [3.8, 4) is 0 Å². The molecule has 1 nitrogen and oxygen atoms in total. The van der Waals surface area contributed by atoms with Gasteiger partial charge in [-0.25, -0.2) is 0 Å². The van der Waals surface area contributed by atoms with Gasteiger partial charge >= 0.3 is 0 Å². The molecule has 1 heteroatoms. The van der Waals surface area contributed by atoms with Crippen LogP contribution in [0.25, 0.3) is 0 Å². The first-order valence-electron chi connectivity index (χ1n) is 3.47. The minimum Gasteiger partial charge on any atom is -0.262 e. The van der Waals surface area contributed by atoms with Crippen LogP contribution in [0.2, 0.25) is 0 Å². The Morgan fingerprint density at radius 2 is 1.80 bits per heavy atom. The fourth-order valence-electron chi connectivity index (χ4n) is 0.647. The number of allylic oxidation sites excluding steroid dienone is 3. The Balaban J connectivity index is 4.08. The third kappa shape index (κ3) is 5.29. The molecule has 0 spiro atoms. The highest BCUT2D eigenvalue weighted by atomic mass is 14.7. The molecular weight excluding hydrogens is 122 g/mol. The molecule has 10 heavy (non-hydrogen) atoms. The van der Waals surface area contributed by atoms with Gasteiger partial charge in [0.15, 0.2) is 0 Å². The molecule has 0 unspecified atom stereocenters. The highest BCUT2D eigenvalue weighted by Gasteiger charge is 1.80. The number of hydrogen-bond acceptors (Lipinski definition) is 1. The first-order valence-corrected chi connectivity index (χ1v) is 3.47. The maximum Gasteiger partial charge on any atom is 0.0371 e. The lowest BCUT2D eigenvalue weighted by Crippen LogP contribution is -1.82. The topological polar surface area (TPSA) is 12.4 Å². The van der Waals surface area contributed by atoms with Gasteiger partial charge in [-0.05, 0) is 33.8 Å². The van der Waals surface area contributed by atoms with E-state index in [0.29, 0.717) is 0 Å². The lowest BCUT2D eigenvalue weighted by Gasteiger charge is -1.88. The van der Waals surface area contributed by atoms with Crippen LogP contribution < -0.4 is 0 Å². The van der Waals surface area contributed by atoms with Gasteiger partial charge in [0.1, 0.15) is 0 Å². The van der Waals surface area contributed by atoms with E-state index in [9.17, 15) is 0 Å². The van der Waals surface area contributed by atoms with Crippen LogP contribution in [-0.4, -0.2) is 5.71 Å². The predicted octanol–water partition coefficient (Wildman–Crippen LogP) is 2.95. The molecule has 0 saturated carbocycles. The summed E-state index contributed by atoms with van der Waals surface area (Å²) in [5.74, 6) is 0. The second-order valence-electron chi connectivity index (χ2n) is 2.47. The normalized spacial score (nSPS) is 12.2. The summed E-state index contributed by atoms with van der Waals surface area (Å²) in [6.45, 7) is 8.08. The molecule has 0 rings (SSSR count). The molecule has 0 aliphatic heterocycles. The Kier molecular flexibility index (Phi) is 4.55. The zero-order chi connectivity index (χ0) is 7.98. The molecule has 56 valence electrons. The Morgan fingerprint density at radius 3 is 2.20 bits per heavy atom. The lowest BCUT2D eigenvalue weighted by atomic mass is 10.2. The van der Waals surface area contributed by atoms with Crippen LogP contribution in [0.15, 0.2) is 28.9 Å². The van der Waals surface area contributed by atoms with Crippen LogP contribution >= 0.6 is 0 Å². The smallest absolute Gasteiger partial charge is 0.0371 e. The van der Waals surface area contributed by atoms with Crippen molar-refractivity contribution in [1.29, 1.82) is 0 Å². The van der Waals surface area contributed by atoms with Gasteiger partial charge in [0.25, 0.3) is 0 Å². The van der Waals surface area contributed by atoms with E-state index < -0.39 is 0 Å². The average molecular weight is 137 g/mol. The number of rotatable bonds is 2. The zero-order valence-electron chi connectivity index (χ0n) is 7.18. The lowest BCUT2D eigenvalue weighted by molar-refractivity contribution is 1.39. The quantitative estimate of drug-likeness (QED) is 0.519. The van der Waals surface area contributed by atoms with E-state index in [-0.39, 0.29) is 0 Å². The van der Waals surface area contributed by atoms with Crippen molar-refractivity contribution in [2.75, 3.05) is 0 Å². The minimum absolute atomic E-state index is 1.05. The number of nitrogens with zero attached hydrogens (tertiary/aromatic N) is 1. The molecule has 0 bridgehead atoms. The molecular formula is C9H15N. The number of aliphatic imine (C=N–C) groups is 1. The average Bonchev–Trinajstić information content (AvgIpc) is 1.82. The molecule has 0 N–H and O–H groups in total. The van der Waals surface area contributed by atoms with E-state index in [1.54, 1.807) is 6.20 Å². The van der Waals surface area contributed by atoms with Gasteiger partial charge in [-0.1, -0.05) is 11.6 Å². The van der Waals surface area contributed by atoms with Crippen molar-refractivity contribution in [2.45, 2.75) is 27.7 Å². The molecule has 0 atom stereocenters. The molecule has 0 aliphatic rings. The van der Waals surface area contributed by atoms with Crippen LogP contribution in [0.1, 0.15) is 27.7 Å². The molecule has 0 amide bonds. The summed E-state index contributed by atoms with van der Waals surface area (Å²) in [6.07, 6.45) is 5.77. The summed E-state index contributed by atoms with van der Waals surface area (Å²) in [7, 11) is 0. The van der Waals surface area contributed by atoms with E-state index in [0.717, 1.165) is 5.71 Å². The van der Waals surface area contributed by atoms with Gasteiger partial charge in [-0.2, -0.15) is 0 Å². The summed E-state index contributed by atoms with van der Waals surface area (Å²) >= 11 is 0. The molecule has 0 aromatic rings. The molecule has 0 aliphatic carbocycles. The Labute approximate surface area is 63.2 Å². The Bertz CT molecular complexity index is 169. The van der Waals surface area contributed by atoms with Gasteiger partial charge in [-0.15, -0.1) is 0 Å². The first kappa shape index (κ1) is 9.15. The first-order chi connectivity index (χ1) is 4.66. The van der Waals surface area contributed by atoms with Gasteiger partial charge in [0.05, 0.1) is 0 Å². The van der Waals surface area contributed by atoms with Crippen LogP contribution in [0, 0.1) is 0 Å². The van der Waals surface area contributed by atoms with E-state index >= 15 is 0 Å². The van der Waals surface area contributed by atoms with E-state index in [1.807, 2.05) is 19.9 Å². The van der Waals surface area contributed by atoms with E-state index in [1.165, 1.54) is 5.57 Å². The van der Waals surface area contributed by atoms with Crippen molar-refractivity contribution < 1.29 is 0 Å². The van der Waals surface area contributed by atoms with E-state index in [4.69, 9.17) is 0 Å². The molecule has 0 saturated heterocycles. The van der Waals surface area contributed by atoms with Crippen LogP contribution in [0.3, 0.4) is 0 Å². The molecule has 0 aromatic carbocycles. The van der Waals surface area contributed by atoms with Crippen LogP contribution in [-0.2, 0) is 0 Å². The Morgan fingerprint density at radius 1 is 1.20 bits per heavy atom. The summed E-state index contributed by atoms with van der Waals surface area (Å²) < 4.78 is 0. The second kappa shape index (κ2) is 4.98. The van der Waals surface area contributed by atoms with E-state index in [2.05, 4.69) is 24.9 Å². The fourth-order valence-corrected chi connectivity index (χ4v) is 0.647. The molecule has 0 fully saturated rings. The standard InChI is InChI=1S/C9H15N/c1-5-6-10-9(4)7-8(2)3/h5-7H,1-4H3/b6-5-,10-9?. The van der Waals surface area contributed by atoms with Gasteiger partial charge < -0.3 is 0 Å². The maximum atomic E-state index is 4.14. The van der Waals surface area contributed by atoms with Crippen LogP contribution in [0.5, 0.6) is 0 Å². The summed E-state index contributed by atoms with van der Waals surface area (Å²) in [5, 5.41) is 0. The van der Waals surface area contributed by atoms with Crippen LogP contribution in [0.4, 0.5) is 0 Å². The minimum atomic E-state index is 1.05. The third-order valence-electron chi connectivity index (χ3n) is 0.925. The summed E-state index contributed by atoms with van der Waals surface area (Å²) in [5.41, 5.74) is 2.34. The predicted molar refractivity (Wildman–Crippen MR) is 47.4 cm³/mol. The SMILES string of the molecule is C/C=C\N=C(C)C=C(C)C. The van der Waals surface area contributed by atoms with Crippen molar-refractivity contribution in [3.05, 3.63) is 23.9 Å². The second-order valence-corrected chi connectivity index (χ2v) is 2.47. The summed E-state index contributed by atoms with van der Waals surface area (Å²) in [4.78, 5) is 4.14. The van der Waals surface area contributed by atoms with Gasteiger partial charge in [0, 0.05) is 11.9 Å². The van der Waals surface area contributed by atoms with Gasteiger partial charge in [0.2, 0.25) is 0 Å². The molecule has 0 aromatic heterocycles. The zero-order valence-corrected chi connectivity index (χ0v) is 7.18. The Hall–Kier alpha value is -0.850. The summed E-state index contributed by atoms with van der Waals surface area (Å²) in [6, 6.07) is 0. The largest absolute Gasteiger partial charge is 0.262 e. The highest BCUT2D eigenvalue weighted by Crippen LogP contribution is 1.91. The third-order valence-corrected chi connectivity index (χ3v) is 0.925.